The Morgan fingerprint density at radius 3 is 2.84 bits per heavy atom. The molecule has 0 amide bonds. The molecule has 19 heavy (non-hydrogen) atoms. The molecule has 0 bridgehead atoms. The van der Waals surface area contributed by atoms with Crippen molar-refractivity contribution in [2.45, 2.75) is 13.8 Å². The SMILES string of the molecule is Cc1n[nH]cc1-c1nc(Nc2ccccn2)sc1C. The molecule has 0 aliphatic carbocycles. The second-order valence-corrected chi connectivity index (χ2v) is 5.35. The smallest absolute Gasteiger partial charge is 0.189 e. The number of H-pyrrole nitrogens is 1. The largest absolute Gasteiger partial charge is 0.316 e. The number of aryl methyl sites for hydroxylation is 2. The molecule has 0 fully saturated rings. The van der Waals surface area contributed by atoms with Gasteiger partial charge in [0.15, 0.2) is 5.13 Å². The Bertz CT molecular complexity index is 686. The van der Waals surface area contributed by atoms with Gasteiger partial charge in [0.25, 0.3) is 0 Å². The van der Waals surface area contributed by atoms with E-state index in [2.05, 4.69) is 32.4 Å². The molecule has 0 atom stereocenters. The number of rotatable bonds is 3. The molecule has 0 radical (unpaired) electrons. The lowest BCUT2D eigenvalue weighted by Gasteiger charge is -1.99. The van der Waals surface area contributed by atoms with E-state index in [-0.39, 0.29) is 0 Å². The van der Waals surface area contributed by atoms with Crippen molar-refractivity contribution in [2.24, 2.45) is 0 Å². The molecule has 96 valence electrons. The zero-order valence-corrected chi connectivity index (χ0v) is 11.5. The molecule has 0 unspecified atom stereocenters. The van der Waals surface area contributed by atoms with Crippen LogP contribution in [0.1, 0.15) is 10.6 Å². The lowest BCUT2D eigenvalue weighted by Crippen LogP contribution is -1.91. The maximum absolute atomic E-state index is 4.62. The van der Waals surface area contributed by atoms with Crippen LogP contribution in [0.25, 0.3) is 11.3 Å². The van der Waals surface area contributed by atoms with Crippen LogP contribution in [0.15, 0.2) is 30.6 Å². The first-order valence-electron chi connectivity index (χ1n) is 5.90. The molecule has 3 aromatic rings. The first kappa shape index (κ1) is 11.9. The van der Waals surface area contributed by atoms with Crippen LogP contribution in [0.2, 0.25) is 0 Å². The molecule has 0 saturated carbocycles. The lowest BCUT2D eigenvalue weighted by molar-refractivity contribution is 1.05. The first-order valence-corrected chi connectivity index (χ1v) is 6.72. The third kappa shape index (κ3) is 2.34. The summed E-state index contributed by atoms with van der Waals surface area (Å²) in [5.74, 6) is 0.798. The zero-order chi connectivity index (χ0) is 13.2. The fraction of sp³-hybridized carbons (Fsp3) is 0.154. The van der Waals surface area contributed by atoms with Gasteiger partial charge < -0.3 is 5.32 Å². The summed E-state index contributed by atoms with van der Waals surface area (Å²) in [7, 11) is 0. The van der Waals surface area contributed by atoms with Crippen LogP contribution in [0.4, 0.5) is 10.9 Å². The predicted octanol–water partition coefficient (Wildman–Crippen LogP) is 3.29. The van der Waals surface area contributed by atoms with Crippen LogP contribution < -0.4 is 5.32 Å². The second kappa shape index (κ2) is 4.81. The Hall–Kier alpha value is -2.21. The van der Waals surface area contributed by atoms with E-state index in [1.54, 1.807) is 17.5 Å². The molecule has 0 saturated heterocycles. The van der Waals surface area contributed by atoms with E-state index < -0.39 is 0 Å². The summed E-state index contributed by atoms with van der Waals surface area (Å²) >= 11 is 1.61. The van der Waals surface area contributed by atoms with Gasteiger partial charge in [0.1, 0.15) is 5.82 Å². The maximum Gasteiger partial charge on any atom is 0.189 e. The summed E-state index contributed by atoms with van der Waals surface area (Å²) in [6.07, 6.45) is 3.63. The van der Waals surface area contributed by atoms with E-state index in [1.807, 2.05) is 31.3 Å². The van der Waals surface area contributed by atoms with E-state index in [0.717, 1.165) is 32.8 Å². The predicted molar refractivity (Wildman–Crippen MR) is 76.7 cm³/mol. The average Bonchev–Trinajstić information content (AvgIpc) is 2.97. The summed E-state index contributed by atoms with van der Waals surface area (Å²) in [5.41, 5.74) is 2.97. The van der Waals surface area contributed by atoms with Gasteiger partial charge in [0, 0.05) is 22.8 Å². The summed E-state index contributed by atoms with van der Waals surface area (Å²) < 4.78 is 0. The summed E-state index contributed by atoms with van der Waals surface area (Å²) in [6, 6.07) is 5.75. The van der Waals surface area contributed by atoms with Crippen molar-refractivity contribution < 1.29 is 0 Å². The molecule has 0 aliphatic rings. The molecule has 0 aliphatic heterocycles. The molecule has 3 heterocycles. The molecule has 2 N–H and O–H groups in total. The topological polar surface area (TPSA) is 66.5 Å². The molecule has 5 nitrogen and oxygen atoms in total. The van der Waals surface area contributed by atoms with Crippen LogP contribution in [0, 0.1) is 13.8 Å². The minimum absolute atomic E-state index is 0.798. The van der Waals surface area contributed by atoms with Crippen LogP contribution in [0.3, 0.4) is 0 Å². The molecule has 0 spiro atoms. The third-order valence-electron chi connectivity index (χ3n) is 2.78. The number of thiazole rings is 1. The quantitative estimate of drug-likeness (QED) is 0.767. The van der Waals surface area contributed by atoms with E-state index in [0.29, 0.717) is 0 Å². The number of nitrogens with zero attached hydrogens (tertiary/aromatic N) is 3. The number of hydrogen-bond donors (Lipinski definition) is 2. The van der Waals surface area contributed by atoms with E-state index in [4.69, 9.17) is 0 Å². The molecular weight excluding hydrogens is 258 g/mol. The minimum atomic E-state index is 0.798. The highest BCUT2D eigenvalue weighted by Crippen LogP contribution is 2.32. The van der Waals surface area contributed by atoms with Crippen LogP contribution in [-0.2, 0) is 0 Å². The number of anilines is 2. The van der Waals surface area contributed by atoms with Gasteiger partial charge in [-0.05, 0) is 26.0 Å². The van der Waals surface area contributed by atoms with E-state index >= 15 is 0 Å². The van der Waals surface area contributed by atoms with Crippen molar-refractivity contribution in [1.82, 2.24) is 20.2 Å². The number of hydrogen-bond acceptors (Lipinski definition) is 5. The minimum Gasteiger partial charge on any atom is -0.316 e. The highest BCUT2D eigenvalue weighted by atomic mass is 32.1. The van der Waals surface area contributed by atoms with Crippen LogP contribution >= 0.6 is 11.3 Å². The van der Waals surface area contributed by atoms with E-state index in [9.17, 15) is 0 Å². The summed E-state index contributed by atoms with van der Waals surface area (Å²) in [5, 5.41) is 11.1. The molecule has 0 aromatic carbocycles. The summed E-state index contributed by atoms with van der Waals surface area (Å²) in [4.78, 5) is 10.0. The van der Waals surface area contributed by atoms with Gasteiger partial charge in [-0.25, -0.2) is 9.97 Å². The van der Waals surface area contributed by atoms with Gasteiger partial charge in [0.2, 0.25) is 0 Å². The van der Waals surface area contributed by atoms with Crippen molar-refractivity contribution >= 4 is 22.3 Å². The van der Waals surface area contributed by atoms with Crippen LogP contribution in [0.5, 0.6) is 0 Å². The molecule has 6 heteroatoms. The standard InChI is InChI=1S/C13H13N5S/c1-8-10(7-15-18-8)12-9(2)19-13(17-12)16-11-5-3-4-6-14-11/h3-7H,1-2H3,(H,15,18)(H,14,16,17). The lowest BCUT2D eigenvalue weighted by atomic mass is 10.2. The van der Waals surface area contributed by atoms with Crippen molar-refractivity contribution in [1.29, 1.82) is 0 Å². The fourth-order valence-electron chi connectivity index (χ4n) is 1.84. The van der Waals surface area contributed by atoms with E-state index in [1.165, 1.54) is 0 Å². The Labute approximate surface area is 114 Å². The average molecular weight is 271 g/mol. The van der Waals surface area contributed by atoms with Gasteiger partial charge in [-0.2, -0.15) is 5.10 Å². The van der Waals surface area contributed by atoms with Gasteiger partial charge >= 0.3 is 0 Å². The molecule has 3 aromatic heterocycles. The number of pyridine rings is 1. The zero-order valence-electron chi connectivity index (χ0n) is 10.6. The Kier molecular flexibility index (Phi) is 3.00. The first-order chi connectivity index (χ1) is 9.24. The van der Waals surface area contributed by atoms with Crippen molar-refractivity contribution in [3.63, 3.8) is 0 Å². The summed E-state index contributed by atoms with van der Waals surface area (Å²) in [6.45, 7) is 4.03. The second-order valence-electron chi connectivity index (χ2n) is 4.15. The normalized spacial score (nSPS) is 10.6. The molecule has 3 rings (SSSR count). The van der Waals surface area contributed by atoms with Gasteiger partial charge in [-0.1, -0.05) is 6.07 Å². The van der Waals surface area contributed by atoms with Gasteiger partial charge in [0.05, 0.1) is 11.4 Å². The monoisotopic (exact) mass is 271 g/mol. The highest BCUT2D eigenvalue weighted by molar-refractivity contribution is 7.16. The molecular formula is C13H13N5S. The third-order valence-corrected chi connectivity index (χ3v) is 3.67. The van der Waals surface area contributed by atoms with Crippen LogP contribution in [-0.4, -0.2) is 20.2 Å². The number of aromatic nitrogens is 4. The highest BCUT2D eigenvalue weighted by Gasteiger charge is 2.13. The Morgan fingerprint density at radius 2 is 2.16 bits per heavy atom. The van der Waals surface area contributed by atoms with Crippen molar-refractivity contribution in [3.05, 3.63) is 41.2 Å². The van der Waals surface area contributed by atoms with Gasteiger partial charge in [-0.15, -0.1) is 11.3 Å². The number of aromatic amines is 1. The van der Waals surface area contributed by atoms with Crippen molar-refractivity contribution in [2.75, 3.05) is 5.32 Å². The number of nitrogens with one attached hydrogen (secondary N) is 2. The Balaban J connectivity index is 1.92. The Morgan fingerprint density at radius 1 is 1.26 bits per heavy atom. The van der Waals surface area contributed by atoms with Crippen molar-refractivity contribution in [3.8, 4) is 11.3 Å². The maximum atomic E-state index is 4.62. The fourth-order valence-corrected chi connectivity index (χ4v) is 2.68. The van der Waals surface area contributed by atoms with Gasteiger partial charge in [-0.3, -0.25) is 5.10 Å².